The van der Waals surface area contributed by atoms with Crippen molar-refractivity contribution in [3.05, 3.63) is 28.8 Å². The lowest BCUT2D eigenvalue weighted by Crippen LogP contribution is -2.36. The number of rotatable bonds is 5. The summed E-state index contributed by atoms with van der Waals surface area (Å²) in [5, 5.41) is 4.34. The highest BCUT2D eigenvalue weighted by molar-refractivity contribution is 6.30. The Labute approximate surface area is 121 Å². The van der Waals surface area contributed by atoms with Crippen LogP contribution in [-0.2, 0) is 0 Å². The molecule has 0 bridgehead atoms. The van der Waals surface area contributed by atoms with E-state index in [1.54, 1.807) is 0 Å². The lowest BCUT2D eigenvalue weighted by Gasteiger charge is -2.35. The molecule has 1 aliphatic rings. The number of fused-ring (bicyclic) bond motifs is 1. The van der Waals surface area contributed by atoms with E-state index in [-0.39, 0.29) is 0 Å². The molecule has 0 spiro atoms. The summed E-state index contributed by atoms with van der Waals surface area (Å²) in [6.07, 6.45) is 3.76. The SMILES string of the molecule is CCCC(C)C1CC(NCC)c2cc(Cl)ccc2O1. The number of halogens is 1. The molecule has 3 unspecified atom stereocenters. The molecular weight excluding hydrogens is 258 g/mol. The molecule has 3 atom stereocenters. The summed E-state index contributed by atoms with van der Waals surface area (Å²) in [6.45, 7) is 7.63. The second-order valence-electron chi connectivity index (χ2n) is 5.45. The predicted molar refractivity (Wildman–Crippen MR) is 81.0 cm³/mol. The van der Waals surface area contributed by atoms with Gasteiger partial charge in [-0.15, -0.1) is 0 Å². The highest BCUT2D eigenvalue weighted by Gasteiger charge is 2.30. The van der Waals surface area contributed by atoms with E-state index >= 15 is 0 Å². The smallest absolute Gasteiger partial charge is 0.124 e. The van der Waals surface area contributed by atoms with Crippen LogP contribution in [0.15, 0.2) is 18.2 Å². The lowest BCUT2D eigenvalue weighted by molar-refractivity contribution is 0.0958. The molecule has 1 aromatic rings. The second kappa shape index (κ2) is 6.62. The molecule has 0 amide bonds. The maximum atomic E-state index is 6.18. The summed E-state index contributed by atoms with van der Waals surface area (Å²) in [5.41, 5.74) is 1.20. The van der Waals surface area contributed by atoms with Gasteiger partial charge in [0.15, 0.2) is 0 Å². The van der Waals surface area contributed by atoms with Gasteiger partial charge in [0, 0.05) is 23.0 Å². The van der Waals surface area contributed by atoms with E-state index in [0.717, 1.165) is 23.7 Å². The summed E-state index contributed by atoms with van der Waals surface area (Å²) in [4.78, 5) is 0. The topological polar surface area (TPSA) is 21.3 Å². The van der Waals surface area contributed by atoms with Gasteiger partial charge in [-0.05, 0) is 37.1 Å². The molecule has 1 aliphatic heterocycles. The van der Waals surface area contributed by atoms with E-state index in [4.69, 9.17) is 16.3 Å². The van der Waals surface area contributed by atoms with Crippen molar-refractivity contribution in [3.63, 3.8) is 0 Å². The lowest BCUT2D eigenvalue weighted by atomic mass is 9.88. The maximum Gasteiger partial charge on any atom is 0.124 e. The molecule has 1 aromatic carbocycles. The van der Waals surface area contributed by atoms with Gasteiger partial charge in [0.1, 0.15) is 11.9 Å². The van der Waals surface area contributed by atoms with E-state index in [1.807, 2.05) is 18.2 Å². The van der Waals surface area contributed by atoms with Gasteiger partial charge in [-0.2, -0.15) is 0 Å². The normalized spacial score (nSPS) is 23.6. The molecular formula is C16H24ClNO. The molecule has 0 saturated heterocycles. The Hall–Kier alpha value is -0.730. The Balaban J connectivity index is 2.22. The Morgan fingerprint density at radius 3 is 2.89 bits per heavy atom. The summed E-state index contributed by atoms with van der Waals surface area (Å²) in [7, 11) is 0. The third-order valence-corrected chi connectivity index (χ3v) is 4.16. The average molecular weight is 282 g/mol. The minimum absolute atomic E-state index is 0.303. The Morgan fingerprint density at radius 2 is 2.21 bits per heavy atom. The van der Waals surface area contributed by atoms with Gasteiger partial charge in [0.05, 0.1) is 0 Å². The Bertz CT molecular complexity index is 421. The highest BCUT2D eigenvalue weighted by Crippen LogP contribution is 2.38. The first-order valence-electron chi connectivity index (χ1n) is 7.35. The van der Waals surface area contributed by atoms with E-state index in [1.165, 1.54) is 18.4 Å². The fourth-order valence-electron chi connectivity index (χ4n) is 2.90. The minimum Gasteiger partial charge on any atom is -0.490 e. The van der Waals surface area contributed by atoms with Crippen molar-refractivity contribution in [2.45, 2.75) is 52.2 Å². The molecule has 0 radical (unpaired) electrons. The van der Waals surface area contributed by atoms with E-state index in [2.05, 4.69) is 26.1 Å². The van der Waals surface area contributed by atoms with Crippen molar-refractivity contribution in [2.24, 2.45) is 5.92 Å². The van der Waals surface area contributed by atoms with E-state index < -0.39 is 0 Å². The van der Waals surface area contributed by atoms with Crippen LogP contribution in [0.1, 0.15) is 51.6 Å². The highest BCUT2D eigenvalue weighted by atomic mass is 35.5. The summed E-state index contributed by atoms with van der Waals surface area (Å²) in [6, 6.07) is 6.31. The number of nitrogens with one attached hydrogen (secondary N) is 1. The third-order valence-electron chi connectivity index (χ3n) is 3.92. The molecule has 0 fully saturated rings. The zero-order valence-corrected chi connectivity index (χ0v) is 12.8. The molecule has 19 heavy (non-hydrogen) atoms. The largest absolute Gasteiger partial charge is 0.490 e. The van der Waals surface area contributed by atoms with Crippen LogP contribution in [0.2, 0.25) is 5.02 Å². The minimum atomic E-state index is 0.303. The van der Waals surface area contributed by atoms with Crippen molar-refractivity contribution in [1.29, 1.82) is 0 Å². The molecule has 106 valence electrons. The Kier molecular flexibility index (Phi) is 5.12. The fraction of sp³-hybridized carbons (Fsp3) is 0.625. The first kappa shape index (κ1) is 14.7. The van der Waals surface area contributed by atoms with Crippen LogP contribution < -0.4 is 10.1 Å². The predicted octanol–water partition coefficient (Wildman–Crippen LogP) is 4.58. The van der Waals surface area contributed by atoms with Gasteiger partial charge in [-0.25, -0.2) is 0 Å². The van der Waals surface area contributed by atoms with Crippen molar-refractivity contribution in [3.8, 4) is 5.75 Å². The quantitative estimate of drug-likeness (QED) is 0.853. The van der Waals surface area contributed by atoms with Gasteiger partial charge >= 0.3 is 0 Å². The first-order valence-corrected chi connectivity index (χ1v) is 7.73. The van der Waals surface area contributed by atoms with Gasteiger partial charge in [0.25, 0.3) is 0 Å². The van der Waals surface area contributed by atoms with Crippen LogP contribution in [0.5, 0.6) is 5.75 Å². The Morgan fingerprint density at radius 1 is 1.42 bits per heavy atom. The van der Waals surface area contributed by atoms with Crippen LogP contribution in [-0.4, -0.2) is 12.6 Å². The number of ether oxygens (including phenoxy) is 1. The summed E-state index contributed by atoms with van der Waals surface area (Å²) >= 11 is 6.11. The molecule has 1 N–H and O–H groups in total. The molecule has 2 nitrogen and oxygen atoms in total. The monoisotopic (exact) mass is 281 g/mol. The van der Waals surface area contributed by atoms with Gasteiger partial charge in [-0.1, -0.05) is 38.8 Å². The second-order valence-corrected chi connectivity index (χ2v) is 5.89. The van der Waals surface area contributed by atoms with Crippen LogP contribution in [0.3, 0.4) is 0 Å². The molecule has 0 saturated carbocycles. The van der Waals surface area contributed by atoms with Gasteiger partial charge in [-0.3, -0.25) is 0 Å². The van der Waals surface area contributed by atoms with E-state index in [0.29, 0.717) is 18.1 Å². The van der Waals surface area contributed by atoms with Crippen LogP contribution in [0.25, 0.3) is 0 Å². The van der Waals surface area contributed by atoms with Gasteiger partial charge < -0.3 is 10.1 Å². The third kappa shape index (κ3) is 3.43. The number of hydrogen-bond acceptors (Lipinski definition) is 2. The maximum absolute atomic E-state index is 6.18. The van der Waals surface area contributed by atoms with Crippen molar-refractivity contribution >= 4 is 11.6 Å². The summed E-state index contributed by atoms with van der Waals surface area (Å²) < 4.78 is 6.18. The van der Waals surface area contributed by atoms with Crippen molar-refractivity contribution < 1.29 is 4.74 Å². The van der Waals surface area contributed by atoms with Crippen molar-refractivity contribution in [2.75, 3.05) is 6.54 Å². The first-order chi connectivity index (χ1) is 9.15. The molecule has 0 aromatic heterocycles. The van der Waals surface area contributed by atoms with Crippen LogP contribution in [0.4, 0.5) is 0 Å². The average Bonchev–Trinajstić information content (AvgIpc) is 2.39. The van der Waals surface area contributed by atoms with Crippen LogP contribution >= 0.6 is 11.6 Å². The van der Waals surface area contributed by atoms with Crippen LogP contribution in [0, 0.1) is 5.92 Å². The molecule has 0 aliphatic carbocycles. The number of hydrogen-bond donors (Lipinski definition) is 1. The van der Waals surface area contributed by atoms with Crippen molar-refractivity contribution in [1.82, 2.24) is 5.32 Å². The zero-order chi connectivity index (χ0) is 13.8. The summed E-state index contributed by atoms with van der Waals surface area (Å²) in [5.74, 6) is 1.59. The molecule has 2 rings (SSSR count). The zero-order valence-electron chi connectivity index (χ0n) is 12.1. The van der Waals surface area contributed by atoms with Gasteiger partial charge in [0.2, 0.25) is 0 Å². The fourth-order valence-corrected chi connectivity index (χ4v) is 3.08. The number of benzene rings is 1. The van der Waals surface area contributed by atoms with E-state index in [9.17, 15) is 0 Å². The standard InChI is InChI=1S/C16H24ClNO/c1-4-6-11(3)16-10-14(18-5-2)13-9-12(17)7-8-15(13)19-16/h7-9,11,14,16,18H,4-6,10H2,1-3H3. The molecule has 1 heterocycles. The molecule has 3 heteroatoms.